The fraction of sp³-hybridized carbons (Fsp3) is 0.250. The second-order valence-electron chi connectivity index (χ2n) is 5.34. The van der Waals surface area contributed by atoms with Crippen molar-refractivity contribution in [3.63, 3.8) is 0 Å². The number of rotatable bonds is 5. The number of fused-ring (bicyclic) bond motifs is 2. The second kappa shape index (κ2) is 6.49. The van der Waals surface area contributed by atoms with Crippen molar-refractivity contribution in [3.8, 4) is 5.75 Å². The smallest absolute Gasteiger partial charge is 0.275 e. The van der Waals surface area contributed by atoms with Crippen molar-refractivity contribution in [2.45, 2.75) is 24.8 Å². The van der Waals surface area contributed by atoms with Gasteiger partial charge in [-0.25, -0.2) is 9.97 Å². The molecule has 9 heteroatoms. The Morgan fingerprint density at radius 3 is 3.04 bits per heavy atom. The van der Waals surface area contributed by atoms with Crippen LogP contribution < -0.4 is 10.3 Å². The maximum Gasteiger partial charge on any atom is 0.275 e. The molecule has 1 aromatic carbocycles. The molecular weight excluding hydrogens is 358 g/mol. The van der Waals surface area contributed by atoms with Crippen LogP contribution in [0.2, 0.25) is 0 Å². The Morgan fingerprint density at radius 1 is 1.32 bits per heavy atom. The molecule has 0 bridgehead atoms. The van der Waals surface area contributed by atoms with E-state index in [9.17, 15) is 4.79 Å². The molecular formula is C16H15N5O2S2. The first-order valence-electron chi connectivity index (χ1n) is 7.74. The molecule has 0 unspecified atom stereocenters. The van der Waals surface area contributed by atoms with Gasteiger partial charge in [0, 0.05) is 17.9 Å². The van der Waals surface area contributed by atoms with Crippen LogP contribution in [0.5, 0.6) is 5.75 Å². The van der Waals surface area contributed by atoms with Gasteiger partial charge in [-0.05, 0) is 26.0 Å². The van der Waals surface area contributed by atoms with Crippen molar-refractivity contribution in [2.75, 3.05) is 6.61 Å². The normalized spacial score (nSPS) is 11.4. The number of imidazole rings is 1. The number of H-pyrrole nitrogens is 1. The molecule has 0 saturated heterocycles. The average molecular weight is 373 g/mol. The van der Waals surface area contributed by atoms with E-state index < -0.39 is 0 Å². The lowest BCUT2D eigenvalue weighted by Gasteiger charge is -2.00. The molecule has 0 fully saturated rings. The van der Waals surface area contributed by atoms with Gasteiger partial charge in [0.15, 0.2) is 5.16 Å². The Hall–Kier alpha value is -2.39. The Labute approximate surface area is 151 Å². The van der Waals surface area contributed by atoms with E-state index in [4.69, 9.17) is 4.74 Å². The van der Waals surface area contributed by atoms with Crippen molar-refractivity contribution >= 4 is 39.1 Å². The molecule has 0 radical (unpaired) electrons. The van der Waals surface area contributed by atoms with E-state index >= 15 is 0 Å². The fourth-order valence-electron chi connectivity index (χ4n) is 2.46. The van der Waals surface area contributed by atoms with Crippen LogP contribution in [0.1, 0.15) is 17.6 Å². The first kappa shape index (κ1) is 16.1. The van der Waals surface area contributed by atoms with Crippen LogP contribution in [0.15, 0.2) is 34.2 Å². The van der Waals surface area contributed by atoms with Crippen molar-refractivity contribution in [3.05, 3.63) is 45.3 Å². The highest BCUT2D eigenvalue weighted by Crippen LogP contribution is 2.25. The summed E-state index contributed by atoms with van der Waals surface area (Å²) in [7, 11) is 0. The number of ether oxygens (including phenoxy) is 1. The molecule has 4 rings (SSSR count). The Bertz CT molecular complexity index is 1110. The SMILES string of the molecule is CCOc1ccc2nc(SCc3cc(=O)n4nc(C)sc4n3)[nH]c2c1. The maximum absolute atomic E-state index is 12.1. The first-order valence-corrected chi connectivity index (χ1v) is 9.54. The molecule has 0 spiro atoms. The van der Waals surface area contributed by atoms with E-state index in [2.05, 4.69) is 20.1 Å². The lowest BCUT2D eigenvalue weighted by molar-refractivity contribution is 0.340. The van der Waals surface area contributed by atoms with Gasteiger partial charge in [0.25, 0.3) is 5.56 Å². The van der Waals surface area contributed by atoms with E-state index in [1.807, 2.05) is 32.0 Å². The van der Waals surface area contributed by atoms with Gasteiger partial charge in [-0.1, -0.05) is 23.1 Å². The molecule has 25 heavy (non-hydrogen) atoms. The number of aromatic nitrogens is 5. The number of aryl methyl sites for hydroxylation is 1. The summed E-state index contributed by atoms with van der Waals surface area (Å²) in [6, 6.07) is 7.29. The fourth-order valence-corrected chi connectivity index (χ4v) is 4.00. The van der Waals surface area contributed by atoms with Crippen molar-refractivity contribution in [2.24, 2.45) is 0 Å². The predicted octanol–water partition coefficient (Wildman–Crippen LogP) is 3.03. The van der Waals surface area contributed by atoms with E-state index in [0.29, 0.717) is 23.0 Å². The molecule has 0 aliphatic heterocycles. The highest BCUT2D eigenvalue weighted by atomic mass is 32.2. The highest BCUT2D eigenvalue weighted by molar-refractivity contribution is 7.98. The zero-order valence-electron chi connectivity index (χ0n) is 13.6. The summed E-state index contributed by atoms with van der Waals surface area (Å²) in [5.41, 5.74) is 2.37. The van der Waals surface area contributed by atoms with Crippen LogP contribution in [-0.4, -0.2) is 31.2 Å². The molecule has 3 aromatic heterocycles. The Morgan fingerprint density at radius 2 is 2.20 bits per heavy atom. The van der Waals surface area contributed by atoms with E-state index in [1.165, 1.54) is 33.7 Å². The lowest BCUT2D eigenvalue weighted by Crippen LogP contribution is -2.15. The minimum absolute atomic E-state index is 0.157. The summed E-state index contributed by atoms with van der Waals surface area (Å²) in [6.07, 6.45) is 0. The van der Waals surface area contributed by atoms with Gasteiger partial charge in [-0.15, -0.1) is 0 Å². The number of nitrogens with one attached hydrogen (secondary N) is 1. The molecule has 7 nitrogen and oxygen atoms in total. The third kappa shape index (κ3) is 3.24. The summed E-state index contributed by atoms with van der Waals surface area (Å²) in [5.74, 6) is 1.37. The van der Waals surface area contributed by atoms with Gasteiger partial charge >= 0.3 is 0 Å². The highest BCUT2D eigenvalue weighted by Gasteiger charge is 2.09. The number of thioether (sulfide) groups is 1. The number of benzene rings is 1. The van der Waals surface area contributed by atoms with Crippen molar-refractivity contribution < 1.29 is 4.74 Å². The van der Waals surface area contributed by atoms with Gasteiger partial charge in [0.05, 0.1) is 23.3 Å². The van der Waals surface area contributed by atoms with Crippen molar-refractivity contribution in [1.29, 1.82) is 0 Å². The molecule has 1 N–H and O–H groups in total. The van der Waals surface area contributed by atoms with Crippen LogP contribution in [0.25, 0.3) is 16.0 Å². The van der Waals surface area contributed by atoms with E-state index in [0.717, 1.165) is 26.9 Å². The number of hydrogen-bond acceptors (Lipinski definition) is 7. The largest absolute Gasteiger partial charge is 0.494 e. The van der Waals surface area contributed by atoms with Gasteiger partial charge in [-0.3, -0.25) is 4.79 Å². The minimum Gasteiger partial charge on any atom is -0.494 e. The van der Waals surface area contributed by atoms with Gasteiger partial charge < -0.3 is 9.72 Å². The number of nitrogens with zero attached hydrogens (tertiary/aromatic N) is 4. The average Bonchev–Trinajstić information content (AvgIpc) is 3.15. The summed E-state index contributed by atoms with van der Waals surface area (Å²) >= 11 is 2.91. The topological polar surface area (TPSA) is 85.2 Å². The zero-order chi connectivity index (χ0) is 17.4. The van der Waals surface area contributed by atoms with Gasteiger partial charge in [0.2, 0.25) is 4.96 Å². The minimum atomic E-state index is -0.157. The standard InChI is InChI=1S/C16H15N5O2S2/c1-3-23-11-4-5-12-13(7-11)19-15(18-12)24-8-10-6-14(22)21-16(17-10)25-9(2)20-21/h4-7H,3,8H2,1-2H3,(H,18,19). The molecule has 0 aliphatic rings. The van der Waals surface area contributed by atoms with Crippen LogP contribution in [0.4, 0.5) is 0 Å². The summed E-state index contributed by atoms with van der Waals surface area (Å²) in [4.78, 5) is 25.0. The summed E-state index contributed by atoms with van der Waals surface area (Å²) < 4.78 is 6.84. The van der Waals surface area contributed by atoms with E-state index in [-0.39, 0.29) is 5.56 Å². The number of hydrogen-bond donors (Lipinski definition) is 1. The van der Waals surface area contributed by atoms with Crippen molar-refractivity contribution in [1.82, 2.24) is 24.6 Å². The molecule has 0 atom stereocenters. The third-order valence-corrected chi connectivity index (χ3v) is 5.23. The molecule has 0 aliphatic carbocycles. The maximum atomic E-state index is 12.1. The van der Waals surface area contributed by atoms with E-state index in [1.54, 1.807) is 0 Å². The summed E-state index contributed by atoms with van der Waals surface area (Å²) in [5, 5.41) is 5.75. The zero-order valence-corrected chi connectivity index (χ0v) is 15.3. The van der Waals surface area contributed by atoms with Crippen LogP contribution in [-0.2, 0) is 5.75 Å². The quantitative estimate of drug-likeness (QED) is 0.541. The molecule has 128 valence electrons. The molecule has 3 heterocycles. The molecule has 4 aromatic rings. The number of aromatic amines is 1. The van der Waals surface area contributed by atoms with Crippen LogP contribution in [0, 0.1) is 6.92 Å². The summed E-state index contributed by atoms with van der Waals surface area (Å²) in [6.45, 7) is 4.44. The third-order valence-electron chi connectivity index (χ3n) is 3.50. The second-order valence-corrected chi connectivity index (χ2v) is 7.47. The Balaban J connectivity index is 1.56. The molecule has 0 amide bonds. The van der Waals surface area contributed by atoms with Gasteiger partial charge in [0.1, 0.15) is 10.8 Å². The van der Waals surface area contributed by atoms with Crippen LogP contribution >= 0.6 is 23.1 Å². The van der Waals surface area contributed by atoms with Gasteiger partial charge in [-0.2, -0.15) is 9.61 Å². The molecule has 0 saturated carbocycles. The monoisotopic (exact) mass is 373 g/mol. The first-order chi connectivity index (χ1) is 12.1. The Kier molecular flexibility index (Phi) is 4.18. The van der Waals surface area contributed by atoms with Crippen LogP contribution in [0.3, 0.4) is 0 Å². The lowest BCUT2D eigenvalue weighted by atomic mass is 10.3. The predicted molar refractivity (Wildman–Crippen MR) is 98.7 cm³/mol.